The average molecular weight is 471 g/mol. The highest BCUT2D eigenvalue weighted by atomic mass is 19.1. The Kier molecular flexibility index (Phi) is 10.9. The predicted molar refractivity (Wildman–Crippen MR) is 139 cm³/mol. The number of hydrogen-bond donors (Lipinski definition) is 0. The summed E-state index contributed by atoms with van der Waals surface area (Å²) in [6.07, 6.45) is 14.0. The van der Waals surface area contributed by atoms with Gasteiger partial charge >= 0.3 is 0 Å². The summed E-state index contributed by atoms with van der Waals surface area (Å²) in [4.78, 5) is 0. The molecular formula is C30H40F2O2. The molecule has 0 radical (unpaired) electrons. The Labute approximate surface area is 203 Å². The van der Waals surface area contributed by atoms with Gasteiger partial charge in [0, 0.05) is 10.8 Å². The molecule has 0 N–H and O–H groups in total. The molecule has 4 heteroatoms. The van der Waals surface area contributed by atoms with E-state index < -0.39 is 0 Å². The molecule has 0 aliphatic heterocycles. The van der Waals surface area contributed by atoms with Gasteiger partial charge in [0.05, 0.1) is 13.2 Å². The normalized spacial score (nSPS) is 11.4. The van der Waals surface area contributed by atoms with E-state index in [1.807, 2.05) is 12.1 Å². The van der Waals surface area contributed by atoms with Crippen molar-refractivity contribution in [3.8, 4) is 11.5 Å². The molecular weight excluding hydrogens is 430 g/mol. The highest BCUT2D eigenvalue weighted by Crippen LogP contribution is 2.35. The zero-order valence-electron chi connectivity index (χ0n) is 20.9. The van der Waals surface area contributed by atoms with Crippen molar-refractivity contribution in [2.75, 3.05) is 13.2 Å². The van der Waals surface area contributed by atoms with Gasteiger partial charge in [-0.25, -0.2) is 8.78 Å². The maximum Gasteiger partial charge on any atom is 0.172 e. The molecule has 186 valence electrons. The highest BCUT2D eigenvalue weighted by molar-refractivity contribution is 6.08. The molecule has 0 aliphatic rings. The topological polar surface area (TPSA) is 18.5 Å². The van der Waals surface area contributed by atoms with Crippen molar-refractivity contribution >= 4 is 21.5 Å². The van der Waals surface area contributed by atoms with Gasteiger partial charge in [0.1, 0.15) is 0 Å². The molecule has 0 atom stereocenters. The number of hydrogen-bond acceptors (Lipinski definition) is 2. The number of benzene rings is 3. The predicted octanol–water partition coefficient (Wildman–Crippen LogP) is 9.75. The Morgan fingerprint density at radius 1 is 0.471 bits per heavy atom. The summed E-state index contributed by atoms with van der Waals surface area (Å²) in [7, 11) is 0. The van der Waals surface area contributed by atoms with Crippen LogP contribution in [0.3, 0.4) is 0 Å². The fraction of sp³-hybridized carbons (Fsp3) is 0.533. The molecule has 0 amide bonds. The maximum absolute atomic E-state index is 15.2. The minimum atomic E-state index is -0.384. The third-order valence-electron chi connectivity index (χ3n) is 6.51. The van der Waals surface area contributed by atoms with Crippen LogP contribution in [0.1, 0.15) is 90.9 Å². The lowest BCUT2D eigenvalue weighted by atomic mass is 10.0. The first kappa shape index (κ1) is 26.2. The molecule has 0 unspecified atom stereocenters. The lowest BCUT2D eigenvalue weighted by molar-refractivity contribution is 0.291. The van der Waals surface area contributed by atoms with E-state index >= 15 is 8.78 Å². The molecule has 0 saturated heterocycles. The first-order valence-corrected chi connectivity index (χ1v) is 13.3. The van der Waals surface area contributed by atoms with E-state index in [2.05, 4.69) is 13.8 Å². The first-order valence-electron chi connectivity index (χ1n) is 13.3. The lowest BCUT2D eigenvalue weighted by Gasteiger charge is -2.13. The lowest BCUT2D eigenvalue weighted by Crippen LogP contribution is -2.01. The van der Waals surface area contributed by atoms with Crippen LogP contribution in [0.4, 0.5) is 8.78 Å². The van der Waals surface area contributed by atoms with Crippen LogP contribution in [-0.4, -0.2) is 13.2 Å². The van der Waals surface area contributed by atoms with Crippen molar-refractivity contribution in [1.29, 1.82) is 0 Å². The largest absolute Gasteiger partial charge is 0.490 e. The quantitative estimate of drug-likeness (QED) is 0.153. The molecule has 2 nitrogen and oxygen atoms in total. The van der Waals surface area contributed by atoms with Gasteiger partial charge in [-0.1, -0.05) is 90.2 Å². The molecule has 3 aromatic rings. The van der Waals surface area contributed by atoms with Crippen LogP contribution >= 0.6 is 0 Å². The Bertz CT molecular complexity index is 1030. The van der Waals surface area contributed by atoms with Crippen molar-refractivity contribution in [1.82, 2.24) is 0 Å². The molecule has 3 aromatic carbocycles. The number of fused-ring (bicyclic) bond motifs is 3. The van der Waals surface area contributed by atoms with E-state index in [0.29, 0.717) is 34.8 Å². The minimum Gasteiger partial charge on any atom is -0.490 e. The SMILES string of the molecule is CCCCCCCCCCOc1ccc2c(ccc3c(F)c(OCCCCCC)ccc32)c1F. The van der Waals surface area contributed by atoms with Crippen LogP contribution in [-0.2, 0) is 0 Å². The molecule has 0 aliphatic carbocycles. The van der Waals surface area contributed by atoms with Gasteiger partial charge in [0.2, 0.25) is 0 Å². The maximum atomic E-state index is 15.2. The fourth-order valence-corrected chi connectivity index (χ4v) is 4.46. The number of rotatable bonds is 16. The van der Waals surface area contributed by atoms with E-state index in [9.17, 15) is 0 Å². The summed E-state index contributed by atoms with van der Waals surface area (Å²) in [6.45, 7) is 5.40. The summed E-state index contributed by atoms with van der Waals surface area (Å²) < 4.78 is 41.6. The Hall–Kier alpha value is -2.36. The second-order valence-electron chi connectivity index (χ2n) is 9.24. The summed E-state index contributed by atoms with van der Waals surface area (Å²) in [6, 6.07) is 10.3. The van der Waals surface area contributed by atoms with Gasteiger partial charge in [-0.2, -0.15) is 0 Å². The molecule has 3 rings (SSSR count). The van der Waals surface area contributed by atoms with E-state index in [0.717, 1.165) is 38.5 Å². The third-order valence-corrected chi connectivity index (χ3v) is 6.51. The minimum absolute atomic E-state index is 0.258. The van der Waals surface area contributed by atoms with Crippen LogP contribution in [0.25, 0.3) is 21.5 Å². The van der Waals surface area contributed by atoms with Crippen molar-refractivity contribution < 1.29 is 18.3 Å². The van der Waals surface area contributed by atoms with Crippen LogP contribution in [0.5, 0.6) is 11.5 Å². The second-order valence-corrected chi connectivity index (χ2v) is 9.24. The summed E-state index contributed by atoms with van der Waals surface area (Å²) in [5.74, 6) is -0.239. The van der Waals surface area contributed by atoms with Gasteiger partial charge in [0.25, 0.3) is 0 Å². The molecule has 0 heterocycles. The van der Waals surface area contributed by atoms with Gasteiger partial charge in [-0.3, -0.25) is 0 Å². The van der Waals surface area contributed by atoms with E-state index in [1.165, 1.54) is 38.5 Å². The zero-order chi connectivity index (χ0) is 24.2. The van der Waals surface area contributed by atoms with Crippen molar-refractivity contribution in [2.24, 2.45) is 0 Å². The Morgan fingerprint density at radius 3 is 1.26 bits per heavy atom. The van der Waals surface area contributed by atoms with Gasteiger partial charge in [-0.15, -0.1) is 0 Å². The number of unbranched alkanes of at least 4 members (excludes halogenated alkanes) is 10. The molecule has 0 aromatic heterocycles. The Morgan fingerprint density at radius 2 is 0.824 bits per heavy atom. The molecule has 34 heavy (non-hydrogen) atoms. The number of halogens is 2. The van der Waals surface area contributed by atoms with E-state index in [1.54, 1.807) is 24.3 Å². The monoisotopic (exact) mass is 470 g/mol. The van der Waals surface area contributed by atoms with Crippen LogP contribution < -0.4 is 9.47 Å². The average Bonchev–Trinajstić information content (AvgIpc) is 2.85. The van der Waals surface area contributed by atoms with Crippen LogP contribution in [0.15, 0.2) is 36.4 Å². The standard InChI is InChI=1S/C30H40F2O2/c1-3-5-7-9-10-11-12-14-22-34-28-20-18-24-23-17-19-27(33-21-13-8-6-4-2)29(31)25(23)15-16-26(24)30(28)32/h15-20H,3-14,21-22H2,1-2H3. The fourth-order valence-electron chi connectivity index (χ4n) is 4.46. The summed E-state index contributed by atoms with van der Waals surface area (Å²) >= 11 is 0. The molecule has 0 fully saturated rings. The van der Waals surface area contributed by atoms with Gasteiger partial charge in [0.15, 0.2) is 23.1 Å². The molecule has 0 spiro atoms. The summed E-state index contributed by atoms with van der Waals surface area (Å²) in [5.41, 5.74) is 0. The van der Waals surface area contributed by atoms with Gasteiger partial charge < -0.3 is 9.47 Å². The molecule has 0 bridgehead atoms. The third kappa shape index (κ3) is 7.07. The molecule has 0 saturated carbocycles. The smallest absolute Gasteiger partial charge is 0.172 e. The van der Waals surface area contributed by atoms with Crippen molar-refractivity contribution in [3.05, 3.63) is 48.0 Å². The van der Waals surface area contributed by atoms with Crippen LogP contribution in [0, 0.1) is 11.6 Å². The second kappa shape index (κ2) is 14.1. The highest BCUT2D eigenvalue weighted by Gasteiger charge is 2.15. The Balaban J connectivity index is 1.60. The van der Waals surface area contributed by atoms with E-state index in [4.69, 9.17) is 9.47 Å². The first-order chi connectivity index (χ1) is 16.7. The van der Waals surface area contributed by atoms with Gasteiger partial charge in [-0.05, 0) is 47.9 Å². The van der Waals surface area contributed by atoms with Crippen molar-refractivity contribution in [2.45, 2.75) is 90.9 Å². The zero-order valence-corrected chi connectivity index (χ0v) is 20.9. The van der Waals surface area contributed by atoms with Crippen LogP contribution in [0.2, 0.25) is 0 Å². The number of ether oxygens (including phenoxy) is 2. The summed E-state index contributed by atoms with van der Waals surface area (Å²) in [5, 5.41) is 2.27. The van der Waals surface area contributed by atoms with Crippen molar-refractivity contribution in [3.63, 3.8) is 0 Å². The van der Waals surface area contributed by atoms with E-state index in [-0.39, 0.29) is 23.1 Å².